The molecule has 1 saturated heterocycles. The van der Waals surface area contributed by atoms with Crippen LogP contribution in [-0.4, -0.2) is 66.7 Å². The molecule has 0 atom stereocenters. The van der Waals surface area contributed by atoms with Crippen molar-refractivity contribution in [3.8, 4) is 5.95 Å². The van der Waals surface area contributed by atoms with Crippen molar-refractivity contribution in [2.45, 2.75) is 34.1 Å². The van der Waals surface area contributed by atoms with Gasteiger partial charge < -0.3 is 9.80 Å². The van der Waals surface area contributed by atoms with E-state index in [9.17, 15) is 4.79 Å². The molecule has 0 spiro atoms. The first-order valence-electron chi connectivity index (χ1n) is 11.0. The van der Waals surface area contributed by atoms with Gasteiger partial charge in [-0.05, 0) is 45.9 Å². The molecule has 5 rings (SSSR count). The Morgan fingerprint density at radius 2 is 1.76 bits per heavy atom. The van der Waals surface area contributed by atoms with Gasteiger partial charge in [0.25, 0.3) is 5.95 Å². The topological polar surface area (TPSA) is 92.9 Å². The lowest BCUT2D eigenvalue weighted by Gasteiger charge is -2.34. The number of hydrogen-bond donors (Lipinski definition) is 0. The second kappa shape index (κ2) is 8.51. The Balaban J connectivity index is 1.27. The average Bonchev–Trinajstić information content (AvgIpc) is 3.35. The van der Waals surface area contributed by atoms with E-state index in [4.69, 9.17) is 4.98 Å². The molecule has 0 aliphatic carbocycles. The van der Waals surface area contributed by atoms with Gasteiger partial charge in [0.1, 0.15) is 10.3 Å². The van der Waals surface area contributed by atoms with Crippen LogP contribution in [0.4, 0.5) is 5.13 Å². The van der Waals surface area contributed by atoms with E-state index in [0.717, 1.165) is 56.9 Å². The highest BCUT2D eigenvalue weighted by Crippen LogP contribution is 2.28. The molecule has 0 radical (unpaired) electrons. The van der Waals surface area contributed by atoms with Crippen LogP contribution in [0.1, 0.15) is 28.3 Å². The number of piperazine rings is 1. The lowest BCUT2D eigenvalue weighted by molar-refractivity contribution is -0.130. The molecule has 170 valence electrons. The molecule has 1 amide bonds. The van der Waals surface area contributed by atoms with Crippen LogP contribution < -0.4 is 4.90 Å². The summed E-state index contributed by atoms with van der Waals surface area (Å²) in [4.78, 5) is 36.4. The van der Waals surface area contributed by atoms with Crippen LogP contribution >= 0.6 is 11.3 Å². The average molecular weight is 463 g/mol. The maximum atomic E-state index is 13.1. The number of thiazole rings is 1. The maximum Gasteiger partial charge on any atom is 0.251 e. The van der Waals surface area contributed by atoms with Crippen molar-refractivity contribution in [3.05, 3.63) is 52.7 Å². The normalized spacial score (nSPS) is 14.3. The molecule has 0 aromatic carbocycles. The van der Waals surface area contributed by atoms with Gasteiger partial charge in [0.15, 0.2) is 5.13 Å². The molecule has 33 heavy (non-hydrogen) atoms. The van der Waals surface area contributed by atoms with Crippen LogP contribution in [0.5, 0.6) is 0 Å². The Morgan fingerprint density at radius 1 is 1.03 bits per heavy atom. The van der Waals surface area contributed by atoms with Crippen LogP contribution in [0.2, 0.25) is 0 Å². The summed E-state index contributed by atoms with van der Waals surface area (Å²) in [6.07, 6.45) is 2.12. The lowest BCUT2D eigenvalue weighted by atomic mass is 10.1. The van der Waals surface area contributed by atoms with Gasteiger partial charge in [-0.25, -0.2) is 24.6 Å². The van der Waals surface area contributed by atoms with E-state index in [2.05, 4.69) is 25.0 Å². The minimum atomic E-state index is 0.118. The van der Waals surface area contributed by atoms with Crippen LogP contribution in [0, 0.1) is 27.7 Å². The molecule has 1 fully saturated rings. The highest BCUT2D eigenvalue weighted by molar-refractivity contribution is 7.21. The molecular formula is C23H26N8OS. The second-order valence-electron chi connectivity index (χ2n) is 8.38. The molecule has 1 aliphatic heterocycles. The van der Waals surface area contributed by atoms with Gasteiger partial charge >= 0.3 is 0 Å². The molecule has 4 aromatic rings. The SMILES string of the molecule is Cc1cc(C)nc(-n2nc(C)c(CC(=O)N3CCN(c4nc5cccnc5s4)CC3)c2C)n1. The molecule has 0 N–H and O–H groups in total. The van der Waals surface area contributed by atoms with Crippen molar-refractivity contribution in [2.75, 3.05) is 31.1 Å². The first-order chi connectivity index (χ1) is 15.9. The molecular weight excluding hydrogens is 436 g/mol. The van der Waals surface area contributed by atoms with Gasteiger partial charge in [0.2, 0.25) is 5.91 Å². The highest BCUT2D eigenvalue weighted by atomic mass is 32.1. The number of rotatable bonds is 4. The summed E-state index contributed by atoms with van der Waals surface area (Å²) in [5.41, 5.74) is 5.40. The first kappa shape index (κ1) is 21.4. The molecule has 4 aromatic heterocycles. The number of nitrogens with zero attached hydrogens (tertiary/aromatic N) is 8. The number of anilines is 1. The Morgan fingerprint density at radius 3 is 2.45 bits per heavy atom. The Labute approximate surface area is 196 Å². The van der Waals surface area contributed by atoms with Crippen LogP contribution in [0.3, 0.4) is 0 Å². The fourth-order valence-corrected chi connectivity index (χ4v) is 5.19. The van der Waals surface area contributed by atoms with Crippen LogP contribution in [0.15, 0.2) is 24.4 Å². The number of aryl methyl sites for hydroxylation is 3. The zero-order valence-electron chi connectivity index (χ0n) is 19.2. The molecule has 9 nitrogen and oxygen atoms in total. The van der Waals surface area contributed by atoms with E-state index in [0.29, 0.717) is 25.5 Å². The molecule has 5 heterocycles. The predicted octanol–water partition coefficient (Wildman–Crippen LogP) is 2.79. The highest BCUT2D eigenvalue weighted by Gasteiger charge is 2.25. The van der Waals surface area contributed by atoms with Crippen LogP contribution in [0.25, 0.3) is 16.3 Å². The monoisotopic (exact) mass is 462 g/mol. The van der Waals surface area contributed by atoms with Crippen molar-refractivity contribution < 1.29 is 4.79 Å². The zero-order valence-corrected chi connectivity index (χ0v) is 20.1. The van der Waals surface area contributed by atoms with Gasteiger partial charge in [0.05, 0.1) is 12.1 Å². The number of hydrogen-bond acceptors (Lipinski definition) is 8. The van der Waals surface area contributed by atoms with E-state index in [-0.39, 0.29) is 5.91 Å². The number of amides is 1. The second-order valence-corrected chi connectivity index (χ2v) is 9.34. The summed E-state index contributed by atoms with van der Waals surface area (Å²) in [6, 6.07) is 5.82. The fraction of sp³-hybridized carbons (Fsp3) is 0.391. The third-order valence-electron chi connectivity index (χ3n) is 5.99. The van der Waals surface area contributed by atoms with Gasteiger partial charge in [-0.15, -0.1) is 0 Å². The quantitative estimate of drug-likeness (QED) is 0.460. The summed E-state index contributed by atoms with van der Waals surface area (Å²) in [5.74, 6) is 0.665. The summed E-state index contributed by atoms with van der Waals surface area (Å²) in [7, 11) is 0. The standard InChI is InChI=1S/C23H26N8OS/c1-14-12-15(2)26-22(25-14)31-17(4)18(16(3)28-31)13-20(32)29-8-10-30(11-9-29)23-27-19-6-5-7-24-21(19)33-23/h5-7,12H,8-11,13H2,1-4H3. The summed E-state index contributed by atoms with van der Waals surface area (Å²) >= 11 is 1.60. The molecule has 1 aliphatic rings. The molecule has 0 unspecified atom stereocenters. The predicted molar refractivity (Wildman–Crippen MR) is 128 cm³/mol. The third-order valence-corrected chi connectivity index (χ3v) is 7.03. The third kappa shape index (κ3) is 4.18. The van der Waals surface area contributed by atoms with Gasteiger partial charge in [-0.3, -0.25) is 4.79 Å². The van der Waals surface area contributed by atoms with E-state index in [1.54, 1.807) is 22.2 Å². The fourth-order valence-electron chi connectivity index (χ4n) is 4.23. The summed E-state index contributed by atoms with van der Waals surface area (Å²) < 4.78 is 1.75. The Hall–Kier alpha value is -3.40. The van der Waals surface area contributed by atoms with E-state index in [1.807, 2.05) is 50.8 Å². The largest absolute Gasteiger partial charge is 0.344 e. The maximum absolute atomic E-state index is 13.1. The van der Waals surface area contributed by atoms with Crippen LogP contribution in [-0.2, 0) is 11.2 Å². The minimum Gasteiger partial charge on any atom is -0.344 e. The molecule has 10 heteroatoms. The summed E-state index contributed by atoms with van der Waals surface area (Å²) in [6.45, 7) is 10.7. The van der Waals surface area contributed by atoms with Crippen molar-refractivity contribution in [2.24, 2.45) is 0 Å². The van der Waals surface area contributed by atoms with E-state index in [1.165, 1.54) is 0 Å². The number of pyridine rings is 1. The van der Waals surface area contributed by atoms with Gasteiger partial charge in [-0.1, -0.05) is 11.3 Å². The van der Waals surface area contributed by atoms with Crippen molar-refractivity contribution >= 4 is 32.7 Å². The van der Waals surface area contributed by atoms with Gasteiger partial charge in [0, 0.05) is 55.0 Å². The number of carbonyl (C=O) groups is 1. The summed E-state index contributed by atoms with van der Waals surface area (Å²) in [5, 5.41) is 5.60. The molecule has 0 bridgehead atoms. The van der Waals surface area contributed by atoms with E-state index < -0.39 is 0 Å². The number of carbonyl (C=O) groups excluding carboxylic acids is 1. The van der Waals surface area contributed by atoms with Crippen molar-refractivity contribution in [1.82, 2.24) is 34.6 Å². The Bertz CT molecular complexity index is 1280. The minimum absolute atomic E-state index is 0.118. The smallest absolute Gasteiger partial charge is 0.251 e. The first-order valence-corrected chi connectivity index (χ1v) is 11.8. The van der Waals surface area contributed by atoms with Gasteiger partial charge in [-0.2, -0.15) is 5.10 Å². The zero-order chi connectivity index (χ0) is 23.1. The Kier molecular flexibility index (Phi) is 5.53. The number of aromatic nitrogens is 6. The number of fused-ring (bicyclic) bond motifs is 1. The molecule has 0 saturated carbocycles. The van der Waals surface area contributed by atoms with E-state index >= 15 is 0 Å². The van der Waals surface area contributed by atoms with Crippen molar-refractivity contribution in [1.29, 1.82) is 0 Å². The lowest BCUT2D eigenvalue weighted by Crippen LogP contribution is -2.49. The van der Waals surface area contributed by atoms with Crippen molar-refractivity contribution in [3.63, 3.8) is 0 Å².